The molecule has 4 rings (SSSR count). The number of hydrogen-bond acceptors (Lipinski definition) is 7. The molecule has 0 radical (unpaired) electrons. The van der Waals surface area contributed by atoms with Crippen LogP contribution in [0.4, 0.5) is 0 Å². The van der Waals surface area contributed by atoms with Crippen LogP contribution in [0.15, 0.2) is 66.8 Å². The summed E-state index contributed by atoms with van der Waals surface area (Å²) in [7, 11) is 3.02. The number of ether oxygens (including phenoxy) is 3. The van der Waals surface area contributed by atoms with Crippen molar-refractivity contribution in [3.05, 3.63) is 77.9 Å². The molecule has 1 N–H and O–H groups in total. The maximum Gasteiger partial charge on any atom is 0.295 e. The van der Waals surface area contributed by atoms with Crippen LogP contribution in [0.5, 0.6) is 17.2 Å². The minimum absolute atomic E-state index is 0.00131. The minimum atomic E-state index is -0.858. The van der Waals surface area contributed by atoms with Crippen molar-refractivity contribution >= 4 is 17.4 Å². The average Bonchev–Trinajstić information content (AvgIpc) is 3.53. The lowest BCUT2D eigenvalue weighted by Gasteiger charge is -2.27. The average molecular weight is 506 g/mol. The van der Waals surface area contributed by atoms with Crippen LogP contribution in [-0.2, 0) is 16.1 Å². The molecule has 1 aromatic heterocycles. The number of aliphatic hydroxyl groups is 1. The van der Waals surface area contributed by atoms with Gasteiger partial charge in [-0.05, 0) is 43.2 Å². The zero-order valence-corrected chi connectivity index (χ0v) is 21.2. The SMILES string of the molecule is CCCOc1ccc(C(O)=C2C(=O)C(=O)N(CCCn3ccnc3)C2c2cccc(OC)c2OC)cc1. The highest BCUT2D eigenvalue weighted by molar-refractivity contribution is 6.46. The van der Waals surface area contributed by atoms with Crippen LogP contribution < -0.4 is 14.2 Å². The lowest BCUT2D eigenvalue weighted by atomic mass is 9.94. The molecule has 1 unspecified atom stereocenters. The van der Waals surface area contributed by atoms with Gasteiger partial charge in [0.2, 0.25) is 0 Å². The molecule has 1 fully saturated rings. The van der Waals surface area contributed by atoms with E-state index >= 15 is 0 Å². The second-order valence-electron chi connectivity index (χ2n) is 8.60. The van der Waals surface area contributed by atoms with E-state index in [-0.39, 0.29) is 17.9 Å². The Balaban J connectivity index is 1.77. The van der Waals surface area contributed by atoms with Gasteiger partial charge in [0, 0.05) is 36.6 Å². The van der Waals surface area contributed by atoms with Crippen molar-refractivity contribution in [1.29, 1.82) is 0 Å². The van der Waals surface area contributed by atoms with Gasteiger partial charge in [0.15, 0.2) is 11.5 Å². The van der Waals surface area contributed by atoms with Gasteiger partial charge in [0.1, 0.15) is 11.5 Å². The topological polar surface area (TPSA) is 103 Å². The Bertz CT molecular complexity index is 1270. The van der Waals surface area contributed by atoms with Crippen LogP contribution >= 0.6 is 0 Å². The molecule has 2 heterocycles. The highest BCUT2D eigenvalue weighted by atomic mass is 16.5. The summed E-state index contributed by atoms with van der Waals surface area (Å²) in [5.41, 5.74) is 0.960. The Morgan fingerprint density at radius 3 is 2.49 bits per heavy atom. The van der Waals surface area contributed by atoms with Crippen LogP contribution in [0.3, 0.4) is 0 Å². The number of aryl methyl sites for hydroxylation is 1. The highest BCUT2D eigenvalue weighted by Crippen LogP contribution is 2.45. The van der Waals surface area contributed by atoms with E-state index in [1.165, 1.54) is 19.1 Å². The molecule has 2 aromatic carbocycles. The zero-order valence-electron chi connectivity index (χ0n) is 21.2. The molecule has 1 saturated heterocycles. The largest absolute Gasteiger partial charge is 0.507 e. The number of imidazole rings is 1. The van der Waals surface area contributed by atoms with Crippen molar-refractivity contribution in [2.24, 2.45) is 0 Å². The number of methoxy groups -OCH3 is 2. The number of ketones is 1. The molecular formula is C28H31N3O6. The van der Waals surface area contributed by atoms with Gasteiger partial charge in [-0.3, -0.25) is 9.59 Å². The first kappa shape index (κ1) is 25.8. The third kappa shape index (κ3) is 5.30. The Kier molecular flexibility index (Phi) is 8.12. The molecule has 3 aromatic rings. The molecule has 1 amide bonds. The summed E-state index contributed by atoms with van der Waals surface area (Å²) in [6.45, 7) is 3.49. The molecule has 9 heteroatoms. The fraction of sp³-hybridized carbons (Fsp3) is 0.321. The van der Waals surface area contributed by atoms with Gasteiger partial charge in [0.25, 0.3) is 11.7 Å². The Hall–Kier alpha value is -4.27. The predicted molar refractivity (Wildman–Crippen MR) is 138 cm³/mol. The molecule has 0 aliphatic carbocycles. The predicted octanol–water partition coefficient (Wildman–Crippen LogP) is 4.20. The molecule has 1 atom stereocenters. The van der Waals surface area contributed by atoms with Crippen LogP contribution in [0, 0.1) is 0 Å². The molecule has 0 saturated carbocycles. The fourth-order valence-corrected chi connectivity index (χ4v) is 4.49. The van der Waals surface area contributed by atoms with Gasteiger partial charge in [-0.15, -0.1) is 0 Å². The van der Waals surface area contributed by atoms with Crippen molar-refractivity contribution in [3.8, 4) is 17.2 Å². The molecule has 0 bridgehead atoms. The lowest BCUT2D eigenvalue weighted by Crippen LogP contribution is -2.31. The van der Waals surface area contributed by atoms with Crippen LogP contribution in [0.1, 0.15) is 36.9 Å². The Morgan fingerprint density at radius 1 is 1.05 bits per heavy atom. The quantitative estimate of drug-likeness (QED) is 0.237. The number of para-hydroxylation sites is 1. The Labute approximate surface area is 215 Å². The molecule has 194 valence electrons. The summed E-state index contributed by atoms with van der Waals surface area (Å²) < 4.78 is 18.6. The number of hydrogen-bond donors (Lipinski definition) is 1. The smallest absolute Gasteiger partial charge is 0.295 e. The van der Waals surface area contributed by atoms with Crippen LogP contribution in [-0.4, -0.2) is 58.6 Å². The number of Topliss-reactive ketones (excluding diaryl/α,β-unsaturated/α-hetero) is 1. The summed E-state index contributed by atoms with van der Waals surface area (Å²) >= 11 is 0. The summed E-state index contributed by atoms with van der Waals surface area (Å²) in [5.74, 6) is -0.171. The first-order valence-electron chi connectivity index (χ1n) is 12.2. The van der Waals surface area contributed by atoms with E-state index in [2.05, 4.69) is 4.98 Å². The fourth-order valence-electron chi connectivity index (χ4n) is 4.49. The number of benzene rings is 2. The van der Waals surface area contributed by atoms with E-state index in [0.717, 1.165) is 6.42 Å². The summed E-state index contributed by atoms with van der Waals surface area (Å²) in [4.78, 5) is 32.2. The van der Waals surface area contributed by atoms with Crippen molar-refractivity contribution in [2.75, 3.05) is 27.4 Å². The molecule has 0 spiro atoms. The van der Waals surface area contributed by atoms with Gasteiger partial charge in [-0.2, -0.15) is 0 Å². The lowest BCUT2D eigenvalue weighted by molar-refractivity contribution is -0.140. The second kappa shape index (κ2) is 11.6. The van der Waals surface area contributed by atoms with E-state index < -0.39 is 17.7 Å². The van der Waals surface area contributed by atoms with Gasteiger partial charge in [-0.25, -0.2) is 4.98 Å². The monoisotopic (exact) mass is 505 g/mol. The van der Waals surface area contributed by atoms with Gasteiger partial charge in [0.05, 0.1) is 38.8 Å². The third-order valence-electron chi connectivity index (χ3n) is 6.24. The summed E-state index contributed by atoms with van der Waals surface area (Å²) in [6.07, 6.45) is 6.67. The van der Waals surface area contributed by atoms with Gasteiger partial charge in [-0.1, -0.05) is 19.1 Å². The molecule has 1 aliphatic rings. The number of carbonyl (C=O) groups excluding carboxylic acids is 2. The molecule has 9 nitrogen and oxygen atoms in total. The van der Waals surface area contributed by atoms with E-state index in [1.54, 1.807) is 55.0 Å². The highest BCUT2D eigenvalue weighted by Gasteiger charge is 2.47. The van der Waals surface area contributed by atoms with Crippen molar-refractivity contribution < 1.29 is 28.9 Å². The minimum Gasteiger partial charge on any atom is -0.507 e. The van der Waals surface area contributed by atoms with Crippen molar-refractivity contribution in [3.63, 3.8) is 0 Å². The zero-order chi connectivity index (χ0) is 26.4. The Morgan fingerprint density at radius 2 is 1.84 bits per heavy atom. The normalized spacial score (nSPS) is 16.7. The number of nitrogens with zero attached hydrogens (tertiary/aromatic N) is 3. The van der Waals surface area contributed by atoms with Crippen molar-refractivity contribution in [1.82, 2.24) is 14.5 Å². The summed E-state index contributed by atoms with van der Waals surface area (Å²) in [5, 5.41) is 11.3. The van der Waals surface area contributed by atoms with E-state index in [0.29, 0.717) is 47.9 Å². The molecule has 37 heavy (non-hydrogen) atoms. The maximum atomic E-state index is 13.3. The first-order chi connectivity index (χ1) is 18.0. The van der Waals surface area contributed by atoms with E-state index in [9.17, 15) is 14.7 Å². The molecular weight excluding hydrogens is 474 g/mol. The molecule has 1 aliphatic heterocycles. The van der Waals surface area contributed by atoms with E-state index in [1.807, 2.05) is 17.7 Å². The number of likely N-dealkylation sites (tertiary alicyclic amines) is 1. The number of rotatable bonds is 11. The number of aliphatic hydroxyl groups excluding tert-OH is 1. The number of amides is 1. The third-order valence-corrected chi connectivity index (χ3v) is 6.24. The number of aromatic nitrogens is 2. The van der Waals surface area contributed by atoms with E-state index in [4.69, 9.17) is 14.2 Å². The second-order valence-corrected chi connectivity index (χ2v) is 8.60. The van der Waals surface area contributed by atoms with Gasteiger partial charge < -0.3 is 28.8 Å². The standard InChI is InChI=1S/C28H31N3O6/c1-4-17-37-20-11-9-19(10-12-20)25(32)23-24(21-7-5-8-22(35-2)27(21)36-3)31(28(34)26(23)33)15-6-14-30-16-13-29-18-30/h5,7-13,16,18,24,32H,4,6,14-15,17H2,1-3H3. The van der Waals surface area contributed by atoms with Crippen LogP contribution in [0.25, 0.3) is 5.76 Å². The van der Waals surface area contributed by atoms with Gasteiger partial charge >= 0.3 is 0 Å². The first-order valence-corrected chi connectivity index (χ1v) is 12.2. The van der Waals surface area contributed by atoms with Crippen LogP contribution in [0.2, 0.25) is 0 Å². The van der Waals surface area contributed by atoms with Crippen molar-refractivity contribution in [2.45, 2.75) is 32.4 Å². The number of carbonyl (C=O) groups is 2. The summed E-state index contributed by atoms with van der Waals surface area (Å²) in [6, 6.07) is 11.2. The maximum absolute atomic E-state index is 13.3.